The van der Waals surface area contributed by atoms with E-state index in [-0.39, 0.29) is 23.6 Å². The molecule has 0 atom stereocenters. The number of hydrogen-bond donors (Lipinski definition) is 0. The Bertz CT molecular complexity index is 1030. The number of thiophene rings is 1. The van der Waals surface area contributed by atoms with E-state index in [1.54, 1.807) is 20.9 Å². The molecule has 7 nitrogen and oxygen atoms in total. The first-order valence-corrected chi connectivity index (χ1v) is 11.2. The normalized spacial score (nSPS) is 17.1. The molecule has 0 radical (unpaired) electrons. The van der Waals surface area contributed by atoms with Gasteiger partial charge in [-0.3, -0.25) is 9.59 Å². The second-order valence-electron chi connectivity index (χ2n) is 7.73. The van der Waals surface area contributed by atoms with E-state index < -0.39 is 0 Å². The summed E-state index contributed by atoms with van der Waals surface area (Å²) in [5.41, 5.74) is 0.864. The number of carbonyl (C=O) groups excluding carboxylic acids is 2. The van der Waals surface area contributed by atoms with Gasteiger partial charge >= 0.3 is 0 Å². The monoisotopic (exact) mass is 421 g/mol. The first-order chi connectivity index (χ1) is 14.7. The molecule has 8 heteroatoms. The molecular formula is C22H23N5O2S. The lowest BCUT2D eigenvalue weighted by atomic mass is 9.84. The summed E-state index contributed by atoms with van der Waals surface area (Å²) < 4.78 is 1.73. The van der Waals surface area contributed by atoms with E-state index in [9.17, 15) is 9.59 Å². The van der Waals surface area contributed by atoms with E-state index in [0.29, 0.717) is 32.0 Å². The van der Waals surface area contributed by atoms with E-state index in [1.165, 1.54) is 0 Å². The van der Waals surface area contributed by atoms with Crippen molar-refractivity contribution in [1.82, 2.24) is 24.6 Å². The lowest BCUT2D eigenvalue weighted by Crippen LogP contribution is -2.52. The average Bonchev–Trinajstić information content (AvgIpc) is 3.42. The number of amides is 2. The van der Waals surface area contributed by atoms with Crippen LogP contribution in [0.15, 0.2) is 47.8 Å². The Hall–Kier alpha value is -3.00. The van der Waals surface area contributed by atoms with Crippen LogP contribution in [0.3, 0.4) is 0 Å². The molecule has 1 aromatic carbocycles. The maximum absolute atomic E-state index is 13.1. The molecule has 1 aliphatic carbocycles. The third-order valence-electron chi connectivity index (χ3n) is 5.87. The number of nitrogens with zero attached hydrogens (tertiary/aromatic N) is 5. The van der Waals surface area contributed by atoms with Gasteiger partial charge in [0.2, 0.25) is 11.7 Å². The van der Waals surface area contributed by atoms with E-state index in [0.717, 1.165) is 29.8 Å². The largest absolute Gasteiger partial charge is 0.339 e. The van der Waals surface area contributed by atoms with Gasteiger partial charge in [0, 0.05) is 32.1 Å². The van der Waals surface area contributed by atoms with Crippen LogP contribution in [0.4, 0.5) is 0 Å². The van der Waals surface area contributed by atoms with Crippen LogP contribution in [-0.4, -0.2) is 62.6 Å². The number of piperazine rings is 1. The molecule has 0 spiro atoms. The molecule has 1 saturated heterocycles. The van der Waals surface area contributed by atoms with Crippen molar-refractivity contribution in [2.75, 3.05) is 26.2 Å². The minimum absolute atomic E-state index is 0.182. The van der Waals surface area contributed by atoms with Gasteiger partial charge in [0.15, 0.2) is 5.82 Å². The number of carbonyl (C=O) groups is 2. The average molecular weight is 422 g/mol. The van der Waals surface area contributed by atoms with Crippen LogP contribution in [0.5, 0.6) is 0 Å². The molecule has 2 aromatic heterocycles. The van der Waals surface area contributed by atoms with Crippen molar-refractivity contribution in [1.29, 1.82) is 0 Å². The zero-order valence-corrected chi connectivity index (χ0v) is 17.4. The number of aromatic nitrogens is 3. The molecule has 154 valence electrons. The second kappa shape index (κ2) is 8.02. The number of benzene rings is 1. The minimum Gasteiger partial charge on any atom is -0.339 e. The topological polar surface area (TPSA) is 71.3 Å². The van der Waals surface area contributed by atoms with Crippen LogP contribution in [0.25, 0.3) is 16.4 Å². The van der Waals surface area contributed by atoms with Gasteiger partial charge in [0.25, 0.3) is 5.91 Å². The summed E-state index contributed by atoms with van der Waals surface area (Å²) in [7, 11) is 0. The summed E-state index contributed by atoms with van der Waals surface area (Å²) in [6, 6.07) is 13.7. The highest BCUT2D eigenvalue weighted by molar-refractivity contribution is 7.13. The number of rotatable bonds is 4. The van der Waals surface area contributed by atoms with E-state index in [1.807, 2.05) is 52.7 Å². The van der Waals surface area contributed by atoms with Gasteiger partial charge in [-0.15, -0.1) is 16.4 Å². The maximum atomic E-state index is 13.1. The Morgan fingerprint density at radius 2 is 1.67 bits per heavy atom. The summed E-state index contributed by atoms with van der Waals surface area (Å²) in [5, 5.41) is 6.54. The fraction of sp³-hybridized carbons (Fsp3) is 0.364. The fourth-order valence-corrected chi connectivity index (χ4v) is 4.60. The summed E-state index contributed by atoms with van der Waals surface area (Å²) in [6.07, 6.45) is 3.16. The van der Waals surface area contributed by atoms with Crippen molar-refractivity contribution in [2.45, 2.75) is 19.3 Å². The molecule has 1 aliphatic heterocycles. The van der Waals surface area contributed by atoms with Crippen LogP contribution in [0.2, 0.25) is 0 Å². The Kier molecular flexibility index (Phi) is 5.08. The molecule has 3 aromatic rings. The molecule has 0 bridgehead atoms. The highest BCUT2D eigenvalue weighted by Crippen LogP contribution is 2.29. The molecular weight excluding hydrogens is 398 g/mol. The smallest absolute Gasteiger partial charge is 0.293 e. The maximum Gasteiger partial charge on any atom is 0.293 e. The molecule has 0 N–H and O–H groups in total. The second-order valence-corrected chi connectivity index (χ2v) is 8.68. The highest BCUT2D eigenvalue weighted by atomic mass is 32.1. The fourth-order valence-electron chi connectivity index (χ4n) is 3.90. The van der Waals surface area contributed by atoms with Gasteiger partial charge in [-0.1, -0.05) is 30.7 Å². The predicted molar refractivity (Wildman–Crippen MR) is 114 cm³/mol. The SMILES string of the molecule is O=C(c1nc(-c2cccs2)n(-c2ccccc2)n1)N1CCN(C(=O)C2CCC2)CC1. The zero-order valence-electron chi connectivity index (χ0n) is 16.6. The Balaban J connectivity index is 1.35. The first kappa shape index (κ1) is 19.0. The van der Waals surface area contributed by atoms with Crippen LogP contribution in [0.1, 0.15) is 29.9 Å². The molecule has 2 amide bonds. The summed E-state index contributed by atoms with van der Waals surface area (Å²) in [5.74, 6) is 1.13. The van der Waals surface area contributed by atoms with Gasteiger partial charge in [-0.05, 0) is 36.4 Å². The molecule has 1 saturated carbocycles. The standard InChI is InChI=1S/C22H23N5O2S/c28-21(16-6-4-7-16)25-11-13-26(14-12-25)22(29)19-23-20(18-10-5-15-30-18)27(24-19)17-8-2-1-3-9-17/h1-3,5,8-10,15-16H,4,6-7,11-14H2. The van der Waals surface area contributed by atoms with Crippen molar-refractivity contribution in [3.8, 4) is 16.4 Å². The molecule has 2 fully saturated rings. The van der Waals surface area contributed by atoms with Crippen LogP contribution < -0.4 is 0 Å². The highest BCUT2D eigenvalue weighted by Gasteiger charge is 2.33. The van der Waals surface area contributed by atoms with Gasteiger partial charge in [-0.2, -0.15) is 0 Å². The van der Waals surface area contributed by atoms with Crippen molar-refractivity contribution in [3.05, 3.63) is 53.7 Å². The Morgan fingerprint density at radius 1 is 0.933 bits per heavy atom. The summed E-state index contributed by atoms with van der Waals surface area (Å²) in [4.78, 5) is 34.8. The van der Waals surface area contributed by atoms with Crippen molar-refractivity contribution < 1.29 is 9.59 Å². The van der Waals surface area contributed by atoms with E-state index in [2.05, 4.69) is 10.1 Å². The van der Waals surface area contributed by atoms with Crippen molar-refractivity contribution in [2.24, 2.45) is 5.92 Å². The minimum atomic E-state index is -0.182. The molecule has 0 unspecified atom stereocenters. The molecule has 3 heterocycles. The van der Waals surface area contributed by atoms with Crippen LogP contribution in [-0.2, 0) is 4.79 Å². The molecule has 2 aliphatic rings. The third-order valence-corrected chi connectivity index (χ3v) is 6.74. The summed E-state index contributed by atoms with van der Waals surface area (Å²) >= 11 is 1.57. The van der Waals surface area contributed by atoms with E-state index in [4.69, 9.17) is 0 Å². The number of para-hydroxylation sites is 1. The van der Waals surface area contributed by atoms with Gasteiger partial charge in [0.1, 0.15) is 0 Å². The van der Waals surface area contributed by atoms with Crippen LogP contribution >= 0.6 is 11.3 Å². The summed E-state index contributed by atoms with van der Waals surface area (Å²) in [6.45, 7) is 2.20. The van der Waals surface area contributed by atoms with Crippen molar-refractivity contribution in [3.63, 3.8) is 0 Å². The van der Waals surface area contributed by atoms with Crippen LogP contribution in [0, 0.1) is 5.92 Å². The van der Waals surface area contributed by atoms with E-state index >= 15 is 0 Å². The number of hydrogen-bond acceptors (Lipinski definition) is 5. The van der Waals surface area contributed by atoms with Gasteiger partial charge in [0.05, 0.1) is 10.6 Å². The van der Waals surface area contributed by atoms with Crippen molar-refractivity contribution >= 4 is 23.2 Å². The predicted octanol–water partition coefficient (Wildman–Crippen LogP) is 3.08. The zero-order chi connectivity index (χ0) is 20.5. The third kappa shape index (κ3) is 3.52. The Morgan fingerprint density at radius 3 is 2.30 bits per heavy atom. The quantitative estimate of drug-likeness (QED) is 0.649. The van der Waals surface area contributed by atoms with Gasteiger partial charge < -0.3 is 9.80 Å². The molecule has 30 heavy (non-hydrogen) atoms. The first-order valence-electron chi connectivity index (χ1n) is 10.3. The lowest BCUT2D eigenvalue weighted by molar-refractivity contribution is -0.139. The lowest BCUT2D eigenvalue weighted by Gasteiger charge is -2.37. The molecule has 5 rings (SSSR count). The van der Waals surface area contributed by atoms with Gasteiger partial charge in [-0.25, -0.2) is 9.67 Å². The Labute approximate surface area is 178 Å².